The van der Waals surface area contributed by atoms with Crippen LogP contribution in [-0.2, 0) is 16.9 Å². The Labute approximate surface area is 189 Å². The van der Waals surface area contributed by atoms with Gasteiger partial charge in [-0.2, -0.15) is 4.98 Å². The maximum Gasteiger partial charge on any atom is 0.319 e. The van der Waals surface area contributed by atoms with Gasteiger partial charge in [-0.05, 0) is 36.5 Å². The zero-order valence-corrected chi connectivity index (χ0v) is 18.9. The van der Waals surface area contributed by atoms with Crippen LogP contribution >= 0.6 is 0 Å². The molecule has 3 atom stereocenters. The number of nitrogens with zero attached hydrogens (tertiary/aromatic N) is 4. The molecule has 0 bridgehead atoms. The first-order chi connectivity index (χ1) is 15.6. The molecular formula is C24H32N4O4. The highest BCUT2D eigenvalue weighted by molar-refractivity contribution is 5.48. The van der Waals surface area contributed by atoms with E-state index in [1.807, 2.05) is 0 Å². The summed E-state index contributed by atoms with van der Waals surface area (Å²) >= 11 is 0. The Balaban J connectivity index is 1.27. The Bertz CT molecular complexity index is 934. The molecule has 1 aliphatic carbocycles. The molecule has 0 spiro atoms. The van der Waals surface area contributed by atoms with Crippen molar-refractivity contribution in [1.82, 2.24) is 14.9 Å². The molecular weight excluding hydrogens is 408 g/mol. The van der Waals surface area contributed by atoms with Gasteiger partial charge in [0.15, 0.2) is 0 Å². The fourth-order valence-electron chi connectivity index (χ4n) is 5.64. The lowest BCUT2D eigenvalue weighted by atomic mass is 9.83. The lowest BCUT2D eigenvalue weighted by molar-refractivity contribution is -0.00972. The van der Waals surface area contributed by atoms with Crippen LogP contribution in [0.15, 0.2) is 30.5 Å². The molecule has 0 amide bonds. The zero-order chi connectivity index (χ0) is 22.1. The van der Waals surface area contributed by atoms with Crippen LogP contribution in [-0.4, -0.2) is 73.6 Å². The van der Waals surface area contributed by atoms with E-state index in [9.17, 15) is 5.11 Å². The van der Waals surface area contributed by atoms with Crippen molar-refractivity contribution < 1.29 is 19.3 Å². The molecule has 2 aromatic rings. The fourth-order valence-corrected chi connectivity index (χ4v) is 5.64. The first-order valence-electron chi connectivity index (χ1n) is 11.4. The maximum absolute atomic E-state index is 11.7. The summed E-state index contributed by atoms with van der Waals surface area (Å²) in [5, 5.41) is 11.7. The predicted molar refractivity (Wildman–Crippen MR) is 120 cm³/mol. The van der Waals surface area contributed by atoms with E-state index in [0.717, 1.165) is 52.4 Å². The minimum absolute atomic E-state index is 0.140. The van der Waals surface area contributed by atoms with Crippen molar-refractivity contribution in [2.45, 2.75) is 25.0 Å². The number of morpholine rings is 1. The average molecular weight is 441 g/mol. The Morgan fingerprint density at radius 3 is 2.62 bits per heavy atom. The van der Waals surface area contributed by atoms with Crippen molar-refractivity contribution in [2.24, 2.45) is 11.8 Å². The number of methoxy groups -OCH3 is 2. The lowest BCUT2D eigenvalue weighted by Gasteiger charge is -2.31. The molecule has 2 aliphatic heterocycles. The van der Waals surface area contributed by atoms with E-state index in [-0.39, 0.29) is 11.9 Å². The number of aliphatic hydroxyl groups is 1. The Morgan fingerprint density at radius 2 is 1.91 bits per heavy atom. The molecule has 3 fully saturated rings. The van der Waals surface area contributed by atoms with E-state index >= 15 is 0 Å². The molecule has 172 valence electrons. The van der Waals surface area contributed by atoms with Crippen LogP contribution in [0.25, 0.3) is 0 Å². The summed E-state index contributed by atoms with van der Waals surface area (Å²) in [4.78, 5) is 13.4. The van der Waals surface area contributed by atoms with E-state index in [4.69, 9.17) is 14.2 Å². The maximum atomic E-state index is 11.7. The Hall–Kier alpha value is -2.42. The van der Waals surface area contributed by atoms with Crippen LogP contribution in [0.4, 0.5) is 5.69 Å². The molecule has 8 heteroatoms. The first-order valence-corrected chi connectivity index (χ1v) is 11.4. The fraction of sp³-hybridized carbons (Fsp3) is 0.583. The molecule has 1 N–H and O–H groups in total. The molecule has 3 heterocycles. The van der Waals surface area contributed by atoms with Gasteiger partial charge < -0.3 is 24.2 Å². The second kappa shape index (κ2) is 8.84. The summed E-state index contributed by atoms with van der Waals surface area (Å²) < 4.78 is 16.1. The van der Waals surface area contributed by atoms with Gasteiger partial charge >= 0.3 is 6.01 Å². The molecule has 0 radical (unpaired) electrons. The van der Waals surface area contributed by atoms with Crippen molar-refractivity contribution in [2.75, 3.05) is 58.5 Å². The standard InChI is InChI=1S/C24H32N4O4/c1-30-22-20(13-25-23(26-22)31-2)24(29)8-7-18-15-27(16-21(18)24)14-17-3-5-19(6-4-17)28-9-11-32-12-10-28/h3-6,13,18,21,29H,7-12,14-16H2,1-2H3/t18-,21+,24+/m0/s1. The second-order valence-corrected chi connectivity index (χ2v) is 9.07. The third-order valence-corrected chi connectivity index (χ3v) is 7.32. The van der Waals surface area contributed by atoms with E-state index in [1.54, 1.807) is 13.3 Å². The third-order valence-electron chi connectivity index (χ3n) is 7.32. The molecule has 1 saturated carbocycles. The minimum Gasteiger partial charge on any atom is -0.481 e. The van der Waals surface area contributed by atoms with Gasteiger partial charge in [0.1, 0.15) is 5.60 Å². The van der Waals surface area contributed by atoms with Gasteiger partial charge in [-0.1, -0.05) is 12.1 Å². The van der Waals surface area contributed by atoms with Crippen LogP contribution < -0.4 is 14.4 Å². The second-order valence-electron chi connectivity index (χ2n) is 9.07. The van der Waals surface area contributed by atoms with Gasteiger partial charge in [-0.15, -0.1) is 0 Å². The number of hydrogen-bond acceptors (Lipinski definition) is 8. The summed E-state index contributed by atoms with van der Waals surface area (Å²) in [5.41, 5.74) is 2.26. The molecule has 1 aromatic carbocycles. The monoisotopic (exact) mass is 440 g/mol. The highest BCUT2D eigenvalue weighted by Gasteiger charge is 2.53. The van der Waals surface area contributed by atoms with Crippen LogP contribution in [0.1, 0.15) is 24.0 Å². The van der Waals surface area contributed by atoms with Crippen LogP contribution in [0, 0.1) is 11.8 Å². The van der Waals surface area contributed by atoms with Crippen LogP contribution in [0.2, 0.25) is 0 Å². The van der Waals surface area contributed by atoms with E-state index < -0.39 is 5.60 Å². The summed E-state index contributed by atoms with van der Waals surface area (Å²) in [6, 6.07) is 9.13. The normalized spacial score (nSPS) is 28.0. The predicted octanol–water partition coefficient (Wildman–Crippen LogP) is 2.06. The van der Waals surface area contributed by atoms with Crippen molar-refractivity contribution in [1.29, 1.82) is 0 Å². The number of ether oxygens (including phenoxy) is 3. The van der Waals surface area contributed by atoms with Gasteiger partial charge in [0.25, 0.3) is 0 Å². The molecule has 1 aromatic heterocycles. The highest BCUT2D eigenvalue weighted by Crippen LogP contribution is 2.52. The molecule has 5 rings (SSSR count). The Morgan fingerprint density at radius 1 is 1.12 bits per heavy atom. The number of rotatable bonds is 6. The van der Waals surface area contributed by atoms with Crippen molar-refractivity contribution in [3.05, 3.63) is 41.6 Å². The largest absolute Gasteiger partial charge is 0.481 e. The van der Waals surface area contributed by atoms with Crippen molar-refractivity contribution >= 4 is 5.69 Å². The highest BCUT2D eigenvalue weighted by atomic mass is 16.5. The molecule has 3 aliphatic rings. The van der Waals surface area contributed by atoms with Gasteiger partial charge in [-0.3, -0.25) is 4.90 Å². The van der Waals surface area contributed by atoms with Gasteiger partial charge in [0.05, 0.1) is 33.0 Å². The lowest BCUT2D eigenvalue weighted by Crippen LogP contribution is -2.36. The van der Waals surface area contributed by atoms with Crippen molar-refractivity contribution in [3.8, 4) is 11.9 Å². The van der Waals surface area contributed by atoms with Gasteiger partial charge in [0.2, 0.25) is 5.88 Å². The quantitative estimate of drug-likeness (QED) is 0.731. The SMILES string of the molecule is COc1ncc([C@]2(O)CC[C@H]3CN(Cc4ccc(N5CCOCC5)cc4)C[C@H]32)c(OC)n1. The molecule has 32 heavy (non-hydrogen) atoms. The number of benzene rings is 1. The topological polar surface area (TPSA) is 80.2 Å². The number of fused-ring (bicyclic) bond motifs is 1. The summed E-state index contributed by atoms with van der Waals surface area (Å²) in [5.74, 6) is 0.998. The van der Waals surface area contributed by atoms with Gasteiger partial charge in [0, 0.05) is 50.5 Å². The molecule has 0 unspecified atom stereocenters. The number of hydrogen-bond donors (Lipinski definition) is 1. The smallest absolute Gasteiger partial charge is 0.319 e. The first kappa shape index (κ1) is 21.4. The van der Waals surface area contributed by atoms with Crippen LogP contribution in [0.5, 0.6) is 11.9 Å². The average Bonchev–Trinajstić information content (AvgIpc) is 3.39. The summed E-state index contributed by atoms with van der Waals surface area (Å²) in [6.07, 6.45) is 3.36. The third kappa shape index (κ3) is 3.91. The zero-order valence-electron chi connectivity index (χ0n) is 18.9. The Kier molecular flexibility index (Phi) is 5.92. The van der Waals surface area contributed by atoms with Gasteiger partial charge in [-0.25, -0.2) is 4.98 Å². The van der Waals surface area contributed by atoms with E-state index in [1.165, 1.54) is 18.4 Å². The summed E-state index contributed by atoms with van der Waals surface area (Å²) in [7, 11) is 3.10. The summed E-state index contributed by atoms with van der Waals surface area (Å²) in [6.45, 7) is 6.23. The molecule has 8 nitrogen and oxygen atoms in total. The van der Waals surface area contributed by atoms with Crippen molar-refractivity contribution in [3.63, 3.8) is 0 Å². The van der Waals surface area contributed by atoms with E-state index in [0.29, 0.717) is 23.8 Å². The molecule has 2 saturated heterocycles. The van der Waals surface area contributed by atoms with E-state index in [2.05, 4.69) is 44.0 Å². The number of aromatic nitrogens is 2. The number of likely N-dealkylation sites (tertiary alicyclic amines) is 1. The minimum atomic E-state index is -0.975. The number of anilines is 1. The van der Waals surface area contributed by atoms with Crippen LogP contribution in [0.3, 0.4) is 0 Å².